The maximum absolute atomic E-state index is 12.8. The van der Waals surface area contributed by atoms with Gasteiger partial charge in [-0.1, -0.05) is 30.3 Å². The zero-order valence-corrected chi connectivity index (χ0v) is 13.2. The Morgan fingerprint density at radius 3 is 2.35 bits per heavy atom. The van der Waals surface area contributed by atoms with Crippen molar-refractivity contribution in [3.8, 4) is 0 Å². The average molecular weight is 337 g/mol. The molecule has 122 valence electrons. The molecule has 0 saturated heterocycles. The zero-order valence-electron chi connectivity index (χ0n) is 12.4. The Hall–Kier alpha value is -2.25. The number of sulfonamides is 1. The predicted octanol–water partition coefficient (Wildman–Crippen LogP) is 2.24. The van der Waals surface area contributed by atoms with E-state index in [9.17, 15) is 17.6 Å². The maximum Gasteiger partial charge on any atom is 0.264 e. The fraction of sp³-hybridized carbons (Fsp3) is 0.188. The van der Waals surface area contributed by atoms with Crippen LogP contribution >= 0.6 is 0 Å². The van der Waals surface area contributed by atoms with Gasteiger partial charge in [0.15, 0.2) is 0 Å². The molecule has 0 heterocycles. The molecule has 0 bridgehead atoms. The van der Waals surface area contributed by atoms with Crippen LogP contribution in [0, 0.1) is 5.82 Å². The summed E-state index contributed by atoms with van der Waals surface area (Å²) in [6.07, 6.45) is -0.953. The van der Waals surface area contributed by atoms with Gasteiger partial charge in [-0.05, 0) is 36.8 Å². The second-order valence-electron chi connectivity index (χ2n) is 4.86. The molecule has 1 atom stereocenters. The molecule has 5 nitrogen and oxygen atoms in total. The minimum Gasteiger partial charge on any atom is -0.364 e. The molecule has 0 aliphatic heterocycles. The fourth-order valence-corrected chi connectivity index (χ4v) is 2.80. The first-order chi connectivity index (χ1) is 10.9. The van der Waals surface area contributed by atoms with Crippen LogP contribution in [-0.4, -0.2) is 20.4 Å². The highest BCUT2D eigenvalue weighted by molar-refractivity contribution is 7.90. The van der Waals surface area contributed by atoms with E-state index in [0.717, 1.165) is 29.8 Å². The minimum absolute atomic E-state index is 0.187. The topological polar surface area (TPSA) is 72.5 Å². The van der Waals surface area contributed by atoms with E-state index in [1.165, 1.54) is 6.92 Å². The van der Waals surface area contributed by atoms with Crippen molar-refractivity contribution in [3.05, 3.63) is 66.0 Å². The largest absolute Gasteiger partial charge is 0.364 e. The molecule has 0 aliphatic carbocycles. The first-order valence-electron chi connectivity index (χ1n) is 6.86. The molecule has 1 amide bonds. The second kappa shape index (κ2) is 7.34. The highest BCUT2D eigenvalue weighted by Crippen LogP contribution is 2.10. The first-order valence-corrected chi connectivity index (χ1v) is 8.34. The molecular weight excluding hydrogens is 321 g/mol. The van der Waals surface area contributed by atoms with Crippen molar-refractivity contribution in [1.29, 1.82) is 0 Å². The minimum atomic E-state index is -4.05. The molecule has 1 N–H and O–H groups in total. The molecule has 0 radical (unpaired) electrons. The number of carbonyl (C=O) groups is 1. The van der Waals surface area contributed by atoms with E-state index in [1.807, 2.05) is 35.1 Å². The summed E-state index contributed by atoms with van der Waals surface area (Å²) < 4.78 is 44.1. The van der Waals surface area contributed by atoms with Gasteiger partial charge in [-0.15, -0.1) is 0 Å². The van der Waals surface area contributed by atoms with Gasteiger partial charge in [0.25, 0.3) is 15.9 Å². The third-order valence-corrected chi connectivity index (χ3v) is 4.43. The van der Waals surface area contributed by atoms with E-state index in [-0.39, 0.29) is 11.5 Å². The summed E-state index contributed by atoms with van der Waals surface area (Å²) in [5.41, 5.74) is 0.869. The van der Waals surface area contributed by atoms with Gasteiger partial charge in [0, 0.05) is 0 Å². The lowest BCUT2D eigenvalue weighted by Crippen LogP contribution is -2.38. The van der Waals surface area contributed by atoms with Crippen LogP contribution < -0.4 is 4.72 Å². The number of nitrogens with one attached hydrogen (secondary N) is 1. The Morgan fingerprint density at radius 1 is 1.13 bits per heavy atom. The fourth-order valence-electron chi connectivity index (χ4n) is 1.76. The summed E-state index contributed by atoms with van der Waals surface area (Å²) in [6, 6.07) is 13.4. The third-order valence-electron chi connectivity index (χ3n) is 3.07. The van der Waals surface area contributed by atoms with Crippen molar-refractivity contribution in [2.75, 3.05) is 0 Å². The summed E-state index contributed by atoms with van der Waals surface area (Å²) in [4.78, 5) is 11.7. The monoisotopic (exact) mass is 337 g/mol. The number of halogens is 1. The van der Waals surface area contributed by atoms with Crippen LogP contribution in [-0.2, 0) is 26.2 Å². The Balaban J connectivity index is 1.96. The van der Waals surface area contributed by atoms with Crippen LogP contribution in [0.25, 0.3) is 0 Å². The molecular formula is C16H16FNO4S. The van der Waals surface area contributed by atoms with Crippen LogP contribution in [0.1, 0.15) is 12.5 Å². The van der Waals surface area contributed by atoms with Crippen molar-refractivity contribution in [2.24, 2.45) is 0 Å². The van der Waals surface area contributed by atoms with Gasteiger partial charge in [-0.3, -0.25) is 4.79 Å². The molecule has 0 fully saturated rings. The Kier molecular flexibility index (Phi) is 5.46. The van der Waals surface area contributed by atoms with Crippen molar-refractivity contribution in [3.63, 3.8) is 0 Å². The van der Waals surface area contributed by atoms with Gasteiger partial charge in [0.2, 0.25) is 0 Å². The van der Waals surface area contributed by atoms with E-state index in [4.69, 9.17) is 4.74 Å². The summed E-state index contributed by atoms with van der Waals surface area (Å²) in [6.45, 7) is 1.64. The SMILES string of the molecule is CC(OCc1ccccc1)C(=O)NS(=O)(=O)c1ccc(F)cc1. The standard InChI is InChI=1S/C16H16FNO4S/c1-12(22-11-13-5-3-2-4-6-13)16(19)18-23(20,21)15-9-7-14(17)8-10-15/h2-10,12H,11H2,1H3,(H,18,19). The number of hydrogen-bond donors (Lipinski definition) is 1. The molecule has 0 aromatic heterocycles. The summed E-state index contributed by atoms with van der Waals surface area (Å²) >= 11 is 0. The van der Waals surface area contributed by atoms with Gasteiger partial charge in [0.05, 0.1) is 11.5 Å². The van der Waals surface area contributed by atoms with Crippen molar-refractivity contribution >= 4 is 15.9 Å². The highest BCUT2D eigenvalue weighted by atomic mass is 32.2. The number of amides is 1. The van der Waals surface area contributed by atoms with Gasteiger partial charge < -0.3 is 4.74 Å². The molecule has 2 rings (SSSR count). The van der Waals surface area contributed by atoms with E-state index < -0.39 is 27.9 Å². The van der Waals surface area contributed by atoms with Crippen molar-refractivity contribution in [1.82, 2.24) is 4.72 Å². The summed E-state index contributed by atoms with van der Waals surface area (Å²) in [5.74, 6) is -1.35. The number of hydrogen-bond acceptors (Lipinski definition) is 4. The Morgan fingerprint density at radius 2 is 1.74 bits per heavy atom. The molecule has 0 spiro atoms. The lowest BCUT2D eigenvalue weighted by Gasteiger charge is -2.13. The summed E-state index contributed by atoms with van der Waals surface area (Å²) in [5, 5.41) is 0. The van der Waals surface area contributed by atoms with Gasteiger partial charge >= 0.3 is 0 Å². The molecule has 7 heteroatoms. The van der Waals surface area contributed by atoms with Gasteiger partial charge in [-0.2, -0.15) is 0 Å². The molecule has 0 saturated carbocycles. The molecule has 2 aromatic carbocycles. The molecule has 23 heavy (non-hydrogen) atoms. The Bertz CT molecular complexity index is 760. The molecule has 0 aliphatic rings. The Labute approximate surface area is 134 Å². The smallest absolute Gasteiger partial charge is 0.264 e. The number of rotatable bonds is 6. The number of benzene rings is 2. The highest BCUT2D eigenvalue weighted by Gasteiger charge is 2.22. The van der Waals surface area contributed by atoms with E-state index in [1.54, 1.807) is 0 Å². The quantitative estimate of drug-likeness (QED) is 0.877. The van der Waals surface area contributed by atoms with Gasteiger partial charge in [-0.25, -0.2) is 17.5 Å². The van der Waals surface area contributed by atoms with Crippen LogP contribution in [0.3, 0.4) is 0 Å². The van der Waals surface area contributed by atoms with E-state index in [2.05, 4.69) is 0 Å². The van der Waals surface area contributed by atoms with Crippen molar-refractivity contribution < 1.29 is 22.3 Å². The van der Waals surface area contributed by atoms with Gasteiger partial charge in [0.1, 0.15) is 11.9 Å². The average Bonchev–Trinajstić information content (AvgIpc) is 2.53. The van der Waals surface area contributed by atoms with Crippen LogP contribution in [0.2, 0.25) is 0 Å². The zero-order chi connectivity index (χ0) is 16.9. The summed E-state index contributed by atoms with van der Waals surface area (Å²) in [7, 11) is -4.05. The first kappa shape index (κ1) is 17.1. The van der Waals surface area contributed by atoms with Crippen LogP contribution in [0.15, 0.2) is 59.5 Å². The lowest BCUT2D eigenvalue weighted by molar-refractivity contribution is -0.130. The second-order valence-corrected chi connectivity index (χ2v) is 6.54. The number of ether oxygens (including phenoxy) is 1. The normalized spacial score (nSPS) is 12.6. The number of carbonyl (C=O) groups excluding carboxylic acids is 1. The predicted molar refractivity (Wildman–Crippen MR) is 82.4 cm³/mol. The molecule has 1 unspecified atom stereocenters. The lowest BCUT2D eigenvalue weighted by atomic mass is 10.2. The van der Waals surface area contributed by atoms with Crippen LogP contribution in [0.4, 0.5) is 4.39 Å². The van der Waals surface area contributed by atoms with E-state index in [0.29, 0.717) is 0 Å². The van der Waals surface area contributed by atoms with Crippen molar-refractivity contribution in [2.45, 2.75) is 24.5 Å². The van der Waals surface area contributed by atoms with Crippen LogP contribution in [0.5, 0.6) is 0 Å². The molecule has 2 aromatic rings. The maximum atomic E-state index is 12.8. The van der Waals surface area contributed by atoms with E-state index >= 15 is 0 Å². The third kappa shape index (κ3) is 4.87.